The maximum Gasteiger partial charge on any atom is 0.123 e. The van der Waals surface area contributed by atoms with E-state index < -0.39 is 0 Å². The highest BCUT2D eigenvalue weighted by atomic mass is 79.9. The third kappa shape index (κ3) is 3.49. The number of rotatable bonds is 6. The molecular weight excluding hydrogens is 290 g/mol. The molecule has 0 aliphatic carbocycles. The number of nitriles is 1. The lowest BCUT2D eigenvalue weighted by Crippen LogP contribution is -2.29. The summed E-state index contributed by atoms with van der Waals surface area (Å²) >= 11 is 3.58. The molecule has 3 heteroatoms. The van der Waals surface area contributed by atoms with Crippen LogP contribution in [0.3, 0.4) is 0 Å². The molecule has 0 N–H and O–H groups in total. The third-order valence-corrected chi connectivity index (χ3v) is 4.82. The standard InChI is InChI=1S/C15H20BrNO/c1-4-15(5-2,10-16)11-18-14-8-13(9-17)7-6-12(14)3/h6-8H,4-5,10-11H2,1-3H3. The molecule has 1 aromatic carbocycles. The monoisotopic (exact) mass is 309 g/mol. The van der Waals surface area contributed by atoms with Crippen LogP contribution in [0.4, 0.5) is 0 Å². The highest BCUT2D eigenvalue weighted by Crippen LogP contribution is 2.30. The summed E-state index contributed by atoms with van der Waals surface area (Å²) in [5, 5.41) is 9.84. The van der Waals surface area contributed by atoms with Crippen LogP contribution in [0.15, 0.2) is 18.2 Å². The van der Waals surface area contributed by atoms with Gasteiger partial charge in [-0.15, -0.1) is 0 Å². The molecule has 18 heavy (non-hydrogen) atoms. The molecular formula is C15H20BrNO. The first-order valence-corrected chi connectivity index (χ1v) is 7.42. The number of hydrogen-bond donors (Lipinski definition) is 0. The van der Waals surface area contributed by atoms with Gasteiger partial charge in [-0.3, -0.25) is 0 Å². The Labute approximate surface area is 118 Å². The Hall–Kier alpha value is -1.01. The summed E-state index contributed by atoms with van der Waals surface area (Å²) in [7, 11) is 0. The van der Waals surface area contributed by atoms with Crippen LogP contribution in [-0.2, 0) is 0 Å². The van der Waals surface area contributed by atoms with E-state index >= 15 is 0 Å². The van der Waals surface area contributed by atoms with Crippen molar-refractivity contribution in [1.82, 2.24) is 0 Å². The van der Waals surface area contributed by atoms with Crippen molar-refractivity contribution in [2.24, 2.45) is 5.41 Å². The molecule has 0 saturated heterocycles. The highest BCUT2D eigenvalue weighted by molar-refractivity contribution is 9.09. The fraction of sp³-hybridized carbons (Fsp3) is 0.533. The summed E-state index contributed by atoms with van der Waals surface area (Å²) in [6.45, 7) is 7.06. The fourth-order valence-corrected chi connectivity index (χ4v) is 2.69. The molecule has 0 aliphatic rings. The number of halogens is 1. The van der Waals surface area contributed by atoms with E-state index in [0.29, 0.717) is 12.2 Å². The van der Waals surface area contributed by atoms with Gasteiger partial charge in [0.1, 0.15) is 5.75 Å². The number of aryl methyl sites for hydroxylation is 1. The smallest absolute Gasteiger partial charge is 0.123 e. The second kappa shape index (κ2) is 6.80. The van der Waals surface area contributed by atoms with Gasteiger partial charge in [0.05, 0.1) is 18.2 Å². The Morgan fingerprint density at radius 1 is 1.33 bits per heavy atom. The minimum absolute atomic E-state index is 0.176. The molecule has 0 unspecified atom stereocenters. The fourth-order valence-electron chi connectivity index (χ4n) is 1.74. The maximum atomic E-state index is 8.91. The van der Waals surface area contributed by atoms with E-state index in [2.05, 4.69) is 35.8 Å². The Morgan fingerprint density at radius 2 is 2.00 bits per heavy atom. The third-order valence-electron chi connectivity index (χ3n) is 3.63. The molecule has 0 heterocycles. The number of ether oxygens (including phenoxy) is 1. The van der Waals surface area contributed by atoms with Gasteiger partial charge < -0.3 is 4.74 Å². The van der Waals surface area contributed by atoms with Gasteiger partial charge in [-0.05, 0) is 37.5 Å². The van der Waals surface area contributed by atoms with Gasteiger partial charge in [0.25, 0.3) is 0 Å². The quantitative estimate of drug-likeness (QED) is 0.727. The van der Waals surface area contributed by atoms with Crippen LogP contribution in [-0.4, -0.2) is 11.9 Å². The molecule has 1 aromatic rings. The van der Waals surface area contributed by atoms with Crippen LogP contribution in [0, 0.1) is 23.7 Å². The molecule has 2 nitrogen and oxygen atoms in total. The van der Waals surface area contributed by atoms with Gasteiger partial charge >= 0.3 is 0 Å². The summed E-state index contributed by atoms with van der Waals surface area (Å²) in [4.78, 5) is 0. The van der Waals surface area contributed by atoms with Gasteiger partial charge in [-0.25, -0.2) is 0 Å². The molecule has 0 spiro atoms. The lowest BCUT2D eigenvalue weighted by atomic mass is 9.86. The number of benzene rings is 1. The highest BCUT2D eigenvalue weighted by Gasteiger charge is 2.26. The van der Waals surface area contributed by atoms with E-state index in [0.717, 1.165) is 29.5 Å². The van der Waals surface area contributed by atoms with Gasteiger partial charge in [0.2, 0.25) is 0 Å². The molecule has 98 valence electrons. The summed E-state index contributed by atoms with van der Waals surface area (Å²) in [6.07, 6.45) is 2.15. The van der Waals surface area contributed by atoms with Crippen LogP contribution >= 0.6 is 15.9 Å². The molecule has 0 atom stereocenters. The molecule has 0 fully saturated rings. The average Bonchev–Trinajstić information content (AvgIpc) is 2.42. The Morgan fingerprint density at radius 3 is 2.50 bits per heavy atom. The van der Waals surface area contributed by atoms with Crippen LogP contribution in [0.25, 0.3) is 0 Å². The summed E-state index contributed by atoms with van der Waals surface area (Å²) in [6, 6.07) is 7.71. The molecule has 0 bridgehead atoms. The first-order valence-electron chi connectivity index (χ1n) is 6.30. The van der Waals surface area contributed by atoms with Gasteiger partial charge in [-0.1, -0.05) is 35.8 Å². The summed E-state index contributed by atoms with van der Waals surface area (Å²) in [5.41, 5.74) is 1.90. The number of alkyl halides is 1. The van der Waals surface area contributed by atoms with Gasteiger partial charge in [0, 0.05) is 10.7 Å². The van der Waals surface area contributed by atoms with E-state index in [1.165, 1.54) is 0 Å². The molecule has 0 amide bonds. The lowest BCUT2D eigenvalue weighted by Gasteiger charge is -2.29. The lowest BCUT2D eigenvalue weighted by molar-refractivity contribution is 0.157. The zero-order valence-electron chi connectivity index (χ0n) is 11.3. The van der Waals surface area contributed by atoms with Crippen molar-refractivity contribution in [2.45, 2.75) is 33.6 Å². The second-order valence-corrected chi connectivity index (χ2v) is 5.28. The zero-order chi connectivity index (χ0) is 13.6. The van der Waals surface area contributed by atoms with Crippen LogP contribution in [0.5, 0.6) is 5.75 Å². The largest absolute Gasteiger partial charge is 0.493 e. The first kappa shape index (κ1) is 15.0. The SMILES string of the molecule is CCC(CC)(CBr)COc1cc(C#N)ccc1C. The second-order valence-electron chi connectivity index (χ2n) is 4.72. The number of hydrogen-bond acceptors (Lipinski definition) is 2. The van der Waals surface area contributed by atoms with Gasteiger partial charge in [-0.2, -0.15) is 5.26 Å². The van der Waals surface area contributed by atoms with Crippen molar-refractivity contribution in [1.29, 1.82) is 5.26 Å². The van der Waals surface area contributed by atoms with E-state index in [-0.39, 0.29) is 5.41 Å². The van der Waals surface area contributed by atoms with Crippen molar-refractivity contribution in [2.75, 3.05) is 11.9 Å². The Bertz CT molecular complexity index is 424. The van der Waals surface area contributed by atoms with Crippen molar-refractivity contribution in [3.63, 3.8) is 0 Å². The van der Waals surface area contributed by atoms with E-state index in [9.17, 15) is 0 Å². The van der Waals surface area contributed by atoms with Crippen molar-refractivity contribution >= 4 is 15.9 Å². The van der Waals surface area contributed by atoms with Crippen LogP contribution in [0.2, 0.25) is 0 Å². The molecule has 0 radical (unpaired) electrons. The molecule has 0 aromatic heterocycles. The predicted molar refractivity (Wildman–Crippen MR) is 78.2 cm³/mol. The van der Waals surface area contributed by atoms with Crippen molar-refractivity contribution in [3.05, 3.63) is 29.3 Å². The van der Waals surface area contributed by atoms with E-state index in [1.54, 1.807) is 0 Å². The van der Waals surface area contributed by atoms with Crippen molar-refractivity contribution in [3.8, 4) is 11.8 Å². The maximum absolute atomic E-state index is 8.91. The number of nitrogens with zero attached hydrogens (tertiary/aromatic N) is 1. The first-order chi connectivity index (χ1) is 8.60. The Kier molecular flexibility index (Phi) is 5.68. The molecule has 0 aliphatic heterocycles. The van der Waals surface area contributed by atoms with Crippen LogP contribution in [0.1, 0.15) is 37.8 Å². The molecule has 0 saturated carbocycles. The summed E-state index contributed by atoms with van der Waals surface area (Å²) < 4.78 is 5.94. The summed E-state index contributed by atoms with van der Waals surface area (Å²) in [5.74, 6) is 0.821. The Balaban J connectivity index is 2.82. The molecule has 1 rings (SSSR count). The average molecular weight is 310 g/mol. The van der Waals surface area contributed by atoms with E-state index in [4.69, 9.17) is 10.00 Å². The van der Waals surface area contributed by atoms with E-state index in [1.807, 2.05) is 25.1 Å². The zero-order valence-corrected chi connectivity index (χ0v) is 12.9. The van der Waals surface area contributed by atoms with Gasteiger partial charge in [0.15, 0.2) is 0 Å². The van der Waals surface area contributed by atoms with Crippen molar-refractivity contribution < 1.29 is 4.74 Å². The topological polar surface area (TPSA) is 33.0 Å². The minimum atomic E-state index is 0.176. The van der Waals surface area contributed by atoms with Crippen LogP contribution < -0.4 is 4.74 Å². The predicted octanol–water partition coefficient (Wildman–Crippen LogP) is 4.45. The minimum Gasteiger partial charge on any atom is -0.493 e. The normalized spacial score (nSPS) is 11.1.